The number of hydrogen-bond donors (Lipinski definition) is 2. The molecule has 0 aliphatic carbocycles. The zero-order valence-electron chi connectivity index (χ0n) is 14.6. The highest BCUT2D eigenvalue weighted by atomic mass is 16.5. The number of rotatable bonds is 7. The van der Waals surface area contributed by atoms with Crippen LogP contribution in [0.25, 0.3) is 0 Å². The molecule has 5 nitrogen and oxygen atoms in total. The third kappa shape index (κ3) is 5.59. The second kappa shape index (κ2) is 8.93. The Kier molecular flexibility index (Phi) is 6.63. The number of hydrogen-bond acceptors (Lipinski definition) is 3. The predicted octanol–water partition coefficient (Wildman–Crippen LogP) is 2.94. The summed E-state index contributed by atoms with van der Waals surface area (Å²) in [5, 5.41) is 3.09. The van der Waals surface area contributed by atoms with Crippen LogP contribution in [0.5, 0.6) is 5.75 Å². The maximum absolute atomic E-state index is 5.97. The van der Waals surface area contributed by atoms with Gasteiger partial charge in [0.1, 0.15) is 5.75 Å². The molecule has 5 heteroatoms. The van der Waals surface area contributed by atoms with E-state index in [0.29, 0.717) is 18.5 Å². The molecule has 0 saturated carbocycles. The van der Waals surface area contributed by atoms with Crippen LogP contribution in [0.1, 0.15) is 12.5 Å². The van der Waals surface area contributed by atoms with Crippen LogP contribution >= 0.6 is 0 Å². The average molecular weight is 326 g/mol. The van der Waals surface area contributed by atoms with Gasteiger partial charge in [-0.3, -0.25) is 9.89 Å². The van der Waals surface area contributed by atoms with Gasteiger partial charge >= 0.3 is 0 Å². The van der Waals surface area contributed by atoms with Crippen molar-refractivity contribution in [2.45, 2.75) is 19.5 Å². The lowest BCUT2D eigenvalue weighted by molar-refractivity contribution is 0.255. The fraction of sp³-hybridized carbons (Fsp3) is 0.316. The summed E-state index contributed by atoms with van der Waals surface area (Å²) in [6, 6.07) is 18.3. The van der Waals surface area contributed by atoms with Crippen molar-refractivity contribution in [1.29, 1.82) is 0 Å². The average Bonchev–Trinajstić information content (AvgIpc) is 2.61. The van der Waals surface area contributed by atoms with E-state index in [-0.39, 0.29) is 0 Å². The molecule has 0 fully saturated rings. The van der Waals surface area contributed by atoms with Gasteiger partial charge in [-0.1, -0.05) is 30.3 Å². The summed E-state index contributed by atoms with van der Waals surface area (Å²) in [7, 11) is 3.74. The molecule has 0 radical (unpaired) electrons. The highest BCUT2D eigenvalue weighted by Gasteiger charge is 2.09. The lowest BCUT2D eigenvalue weighted by atomic mass is 10.2. The molecule has 2 rings (SSSR count). The first-order valence-corrected chi connectivity index (χ1v) is 8.03. The van der Waals surface area contributed by atoms with Crippen LogP contribution in [0.2, 0.25) is 0 Å². The summed E-state index contributed by atoms with van der Waals surface area (Å²) in [5.74, 6) is 1.23. The van der Waals surface area contributed by atoms with Crippen molar-refractivity contribution in [2.75, 3.05) is 26.0 Å². The van der Waals surface area contributed by atoms with Crippen molar-refractivity contribution in [1.82, 2.24) is 4.90 Å². The van der Waals surface area contributed by atoms with E-state index in [4.69, 9.17) is 10.5 Å². The van der Waals surface area contributed by atoms with Gasteiger partial charge in [0, 0.05) is 18.3 Å². The van der Waals surface area contributed by atoms with Crippen LogP contribution in [0.4, 0.5) is 5.69 Å². The Morgan fingerprint density at radius 1 is 1.17 bits per heavy atom. The molecule has 3 N–H and O–H groups in total. The Hall–Kier alpha value is -2.53. The summed E-state index contributed by atoms with van der Waals surface area (Å²) in [6.45, 7) is 3.68. The van der Waals surface area contributed by atoms with Gasteiger partial charge in [0.25, 0.3) is 0 Å². The number of likely N-dealkylation sites (N-methyl/N-ethyl adjacent to an activating group) is 1. The van der Waals surface area contributed by atoms with Crippen LogP contribution in [0, 0.1) is 0 Å². The largest absolute Gasteiger partial charge is 0.497 e. The summed E-state index contributed by atoms with van der Waals surface area (Å²) >= 11 is 0. The van der Waals surface area contributed by atoms with E-state index in [9.17, 15) is 0 Å². The van der Waals surface area contributed by atoms with E-state index in [1.54, 1.807) is 7.11 Å². The fourth-order valence-corrected chi connectivity index (χ4v) is 2.26. The molecule has 24 heavy (non-hydrogen) atoms. The van der Waals surface area contributed by atoms with Crippen molar-refractivity contribution in [3.05, 3.63) is 60.2 Å². The normalized spacial score (nSPS) is 12.9. The molecule has 2 aromatic carbocycles. The van der Waals surface area contributed by atoms with E-state index < -0.39 is 0 Å². The minimum Gasteiger partial charge on any atom is -0.497 e. The van der Waals surface area contributed by atoms with Crippen molar-refractivity contribution >= 4 is 11.6 Å². The maximum atomic E-state index is 5.97. The van der Waals surface area contributed by atoms with E-state index in [1.807, 2.05) is 30.3 Å². The molecule has 0 amide bonds. The molecule has 0 aliphatic heterocycles. The Morgan fingerprint density at radius 3 is 2.46 bits per heavy atom. The monoisotopic (exact) mass is 326 g/mol. The summed E-state index contributed by atoms with van der Waals surface area (Å²) in [6.07, 6.45) is 0. The maximum Gasteiger partial charge on any atom is 0.193 e. The Labute approximate surface area is 144 Å². The van der Waals surface area contributed by atoms with Crippen molar-refractivity contribution in [2.24, 2.45) is 10.7 Å². The quantitative estimate of drug-likeness (QED) is 0.606. The van der Waals surface area contributed by atoms with E-state index >= 15 is 0 Å². The van der Waals surface area contributed by atoms with Gasteiger partial charge in [0.05, 0.1) is 13.7 Å². The van der Waals surface area contributed by atoms with Crippen LogP contribution < -0.4 is 15.8 Å². The van der Waals surface area contributed by atoms with Gasteiger partial charge in [-0.2, -0.15) is 0 Å². The number of nitrogens with zero attached hydrogens (tertiary/aromatic N) is 2. The molecule has 0 spiro atoms. The Balaban J connectivity index is 1.83. The predicted molar refractivity (Wildman–Crippen MR) is 100 cm³/mol. The fourth-order valence-electron chi connectivity index (χ4n) is 2.26. The molecule has 128 valence electrons. The van der Waals surface area contributed by atoms with E-state index in [0.717, 1.165) is 18.0 Å². The zero-order chi connectivity index (χ0) is 17.4. The summed E-state index contributed by atoms with van der Waals surface area (Å²) < 4.78 is 5.13. The van der Waals surface area contributed by atoms with E-state index in [2.05, 4.69) is 53.4 Å². The smallest absolute Gasteiger partial charge is 0.193 e. The third-order valence-corrected chi connectivity index (χ3v) is 3.92. The first-order valence-electron chi connectivity index (χ1n) is 8.03. The summed E-state index contributed by atoms with van der Waals surface area (Å²) in [4.78, 5) is 6.70. The molecule has 0 aromatic heterocycles. The molecule has 0 saturated heterocycles. The molecule has 1 unspecified atom stereocenters. The number of guanidine groups is 1. The van der Waals surface area contributed by atoms with Crippen LogP contribution in [0.3, 0.4) is 0 Å². The molecule has 0 bridgehead atoms. The first-order chi connectivity index (χ1) is 11.6. The lowest BCUT2D eigenvalue weighted by Gasteiger charge is -2.23. The van der Waals surface area contributed by atoms with Gasteiger partial charge in [-0.25, -0.2) is 0 Å². The topological polar surface area (TPSA) is 62.9 Å². The minimum atomic E-state index is 0.293. The Morgan fingerprint density at radius 2 is 1.83 bits per heavy atom. The molecule has 2 aromatic rings. The van der Waals surface area contributed by atoms with Gasteiger partial charge in [-0.15, -0.1) is 0 Å². The molecular formula is C19H26N4O. The number of ether oxygens (including phenoxy) is 1. The zero-order valence-corrected chi connectivity index (χ0v) is 14.6. The summed E-state index contributed by atoms with van der Waals surface area (Å²) in [5.41, 5.74) is 8.15. The third-order valence-electron chi connectivity index (χ3n) is 3.92. The number of nitrogens with two attached hydrogens (primary N) is 1. The first kappa shape index (κ1) is 17.8. The minimum absolute atomic E-state index is 0.293. The van der Waals surface area contributed by atoms with Crippen molar-refractivity contribution < 1.29 is 4.74 Å². The standard InChI is InChI=1S/C19H26N4O/c1-15(23(2)14-16-7-5-4-6-8-16)13-21-19(20)22-17-9-11-18(24-3)12-10-17/h4-12,15H,13-14H2,1-3H3,(H3,20,21,22). The van der Waals surface area contributed by atoms with Crippen LogP contribution in [-0.2, 0) is 6.54 Å². The number of anilines is 1. The second-order valence-corrected chi connectivity index (χ2v) is 5.83. The Bertz CT molecular complexity index is 640. The van der Waals surface area contributed by atoms with Gasteiger partial charge in [0.15, 0.2) is 5.96 Å². The SMILES string of the molecule is COc1ccc(NC(N)=NCC(C)N(C)Cc2ccccc2)cc1. The number of methoxy groups -OCH3 is 1. The lowest BCUT2D eigenvalue weighted by Crippen LogP contribution is -2.32. The second-order valence-electron chi connectivity index (χ2n) is 5.83. The van der Waals surface area contributed by atoms with Crippen molar-refractivity contribution in [3.8, 4) is 5.75 Å². The molecule has 1 atom stereocenters. The van der Waals surface area contributed by atoms with Crippen molar-refractivity contribution in [3.63, 3.8) is 0 Å². The number of benzene rings is 2. The molecule has 0 heterocycles. The molecule has 0 aliphatic rings. The number of aliphatic imine (C=N–C) groups is 1. The van der Waals surface area contributed by atoms with Gasteiger partial charge in [0.2, 0.25) is 0 Å². The van der Waals surface area contributed by atoms with E-state index in [1.165, 1.54) is 5.56 Å². The van der Waals surface area contributed by atoms with Gasteiger partial charge in [-0.05, 0) is 43.8 Å². The van der Waals surface area contributed by atoms with Crippen LogP contribution in [0.15, 0.2) is 59.6 Å². The number of nitrogens with one attached hydrogen (secondary N) is 1. The highest BCUT2D eigenvalue weighted by Crippen LogP contribution is 2.14. The highest BCUT2D eigenvalue weighted by molar-refractivity contribution is 5.92. The molecular weight excluding hydrogens is 300 g/mol. The van der Waals surface area contributed by atoms with Crippen LogP contribution in [-0.4, -0.2) is 37.6 Å². The van der Waals surface area contributed by atoms with Gasteiger partial charge < -0.3 is 15.8 Å².